The zero-order chi connectivity index (χ0) is 28.0. The summed E-state index contributed by atoms with van der Waals surface area (Å²) >= 11 is 0. The average molecular weight is 588 g/mol. The van der Waals surface area contributed by atoms with Crippen LogP contribution in [0.3, 0.4) is 0 Å². The topological polar surface area (TPSA) is 137 Å². The molecule has 1 aliphatic heterocycles. The third-order valence-corrected chi connectivity index (χ3v) is 8.89. The quantitative estimate of drug-likeness (QED) is 0.337. The molecule has 3 aromatic rings. The molecule has 1 spiro atoms. The molecule has 216 valence electrons. The van der Waals surface area contributed by atoms with Crippen molar-refractivity contribution < 1.29 is 18.0 Å². The summed E-state index contributed by atoms with van der Waals surface area (Å²) in [5.74, 6) is -0.515. The standard InChI is InChI=1S/C29H37N5O4S.ClH/c1-28(2,30)27(36)32-24(16-19-18-31-23-11-7-5-8-20(19)23)26(35)34-14-12-29(13-15-34)17-25(33-39(3,37)38)21-9-4-6-10-22(21)29;/h4-11,18,24-25,31,33H,12-17,30H2,1-3H3,(H,32,36);1H/t24?,25-;/m1./s1. The number of nitrogens with zero attached hydrogens (tertiary/aromatic N) is 1. The van der Waals surface area contributed by atoms with E-state index in [0.29, 0.717) is 38.8 Å². The molecule has 0 saturated carbocycles. The van der Waals surface area contributed by atoms with Crippen LogP contribution < -0.4 is 15.8 Å². The van der Waals surface area contributed by atoms with Gasteiger partial charge in [0.25, 0.3) is 0 Å². The lowest BCUT2D eigenvalue weighted by Gasteiger charge is -2.41. The van der Waals surface area contributed by atoms with Crippen molar-refractivity contribution >= 4 is 45.1 Å². The number of sulfonamides is 1. The molecule has 2 amide bonds. The number of amides is 2. The van der Waals surface area contributed by atoms with Crippen LogP contribution in [0.15, 0.2) is 54.7 Å². The third-order valence-electron chi connectivity index (χ3n) is 8.18. The molecule has 11 heteroatoms. The fraction of sp³-hybridized carbons (Fsp3) is 0.448. The number of hydrogen-bond acceptors (Lipinski definition) is 5. The van der Waals surface area contributed by atoms with E-state index in [0.717, 1.165) is 27.6 Å². The number of carbonyl (C=O) groups excluding carboxylic acids is 2. The summed E-state index contributed by atoms with van der Waals surface area (Å²) in [6.45, 7) is 4.29. The molecular formula is C29H38ClN5O4S. The van der Waals surface area contributed by atoms with Crippen LogP contribution in [-0.2, 0) is 31.4 Å². The predicted molar refractivity (Wildman–Crippen MR) is 159 cm³/mol. The van der Waals surface area contributed by atoms with Crippen molar-refractivity contribution in [2.45, 2.75) is 62.6 Å². The van der Waals surface area contributed by atoms with E-state index >= 15 is 0 Å². The number of benzene rings is 2. The maximum Gasteiger partial charge on any atom is 0.245 e. The van der Waals surface area contributed by atoms with Crippen LogP contribution in [0.2, 0.25) is 0 Å². The Kier molecular flexibility index (Phi) is 8.38. The van der Waals surface area contributed by atoms with Gasteiger partial charge in [-0.3, -0.25) is 9.59 Å². The van der Waals surface area contributed by atoms with Crippen LogP contribution in [0.5, 0.6) is 0 Å². The molecule has 1 fully saturated rings. The Morgan fingerprint density at radius 1 is 1.12 bits per heavy atom. The number of likely N-dealkylation sites (tertiary alicyclic amines) is 1. The summed E-state index contributed by atoms with van der Waals surface area (Å²) in [4.78, 5) is 31.8. The second kappa shape index (κ2) is 11.2. The van der Waals surface area contributed by atoms with Gasteiger partial charge in [-0.05, 0) is 55.9 Å². The van der Waals surface area contributed by atoms with E-state index in [9.17, 15) is 18.0 Å². The summed E-state index contributed by atoms with van der Waals surface area (Å²) in [6.07, 6.45) is 5.52. The third kappa shape index (κ3) is 6.05. The number of halogens is 1. The van der Waals surface area contributed by atoms with Crippen molar-refractivity contribution in [2.24, 2.45) is 5.73 Å². The van der Waals surface area contributed by atoms with Gasteiger partial charge in [-0.2, -0.15) is 0 Å². The van der Waals surface area contributed by atoms with Crippen molar-refractivity contribution in [1.82, 2.24) is 19.9 Å². The van der Waals surface area contributed by atoms with E-state index in [-0.39, 0.29) is 35.7 Å². The summed E-state index contributed by atoms with van der Waals surface area (Å²) in [5, 5.41) is 3.94. The monoisotopic (exact) mass is 587 g/mol. The van der Waals surface area contributed by atoms with Crippen LogP contribution in [0, 0.1) is 0 Å². The maximum absolute atomic E-state index is 13.9. The Hall–Kier alpha value is -2.92. The van der Waals surface area contributed by atoms with Crippen molar-refractivity contribution in [3.05, 3.63) is 71.4 Å². The highest BCUT2D eigenvalue weighted by molar-refractivity contribution is 7.88. The number of H-pyrrole nitrogens is 1. The van der Waals surface area contributed by atoms with E-state index in [1.807, 2.05) is 53.6 Å². The Morgan fingerprint density at radius 3 is 2.45 bits per heavy atom. The van der Waals surface area contributed by atoms with E-state index < -0.39 is 21.6 Å². The Labute approximate surface area is 241 Å². The minimum absolute atomic E-state index is 0. The number of nitrogens with one attached hydrogen (secondary N) is 3. The summed E-state index contributed by atoms with van der Waals surface area (Å²) < 4.78 is 26.9. The minimum atomic E-state index is -3.37. The number of carbonyl (C=O) groups is 2. The van der Waals surface area contributed by atoms with Gasteiger partial charge in [0.05, 0.1) is 11.8 Å². The minimum Gasteiger partial charge on any atom is -0.361 e. The number of nitrogens with two attached hydrogens (primary N) is 1. The normalized spacial score (nSPS) is 19.2. The molecule has 2 aliphatic rings. The second-order valence-electron chi connectivity index (χ2n) is 11.7. The first kappa shape index (κ1) is 30.0. The highest BCUT2D eigenvalue weighted by Crippen LogP contribution is 2.51. The molecule has 2 heterocycles. The SMILES string of the molecule is CC(C)(N)C(=O)NC(Cc1c[nH]c2ccccc12)C(=O)N1CCC2(CC1)C[C@@H](NS(C)(=O)=O)c1ccccc12.Cl. The average Bonchev–Trinajstić information content (AvgIpc) is 3.41. The molecule has 1 saturated heterocycles. The van der Waals surface area contributed by atoms with Crippen molar-refractivity contribution in [2.75, 3.05) is 19.3 Å². The molecule has 40 heavy (non-hydrogen) atoms. The predicted octanol–water partition coefficient (Wildman–Crippen LogP) is 2.91. The van der Waals surface area contributed by atoms with Gasteiger partial charge in [-0.25, -0.2) is 13.1 Å². The highest BCUT2D eigenvalue weighted by Gasteiger charge is 2.47. The second-order valence-corrected chi connectivity index (χ2v) is 13.4. The van der Waals surface area contributed by atoms with Crippen LogP contribution in [0.1, 0.15) is 55.8 Å². The Bertz CT molecular complexity index is 1510. The first-order chi connectivity index (χ1) is 18.4. The number of aromatic nitrogens is 1. The van der Waals surface area contributed by atoms with E-state index in [1.54, 1.807) is 13.8 Å². The summed E-state index contributed by atoms with van der Waals surface area (Å²) in [6, 6.07) is 14.8. The van der Waals surface area contributed by atoms with Crippen LogP contribution >= 0.6 is 12.4 Å². The molecule has 1 aliphatic carbocycles. The fourth-order valence-electron chi connectivity index (χ4n) is 6.17. The van der Waals surface area contributed by atoms with Crippen molar-refractivity contribution in [3.63, 3.8) is 0 Å². The van der Waals surface area contributed by atoms with Crippen LogP contribution in [-0.4, -0.2) is 61.0 Å². The van der Waals surface area contributed by atoms with E-state index in [4.69, 9.17) is 5.73 Å². The Balaban J connectivity index is 0.00000370. The number of hydrogen-bond donors (Lipinski definition) is 4. The Morgan fingerprint density at radius 2 is 1.77 bits per heavy atom. The lowest BCUT2D eigenvalue weighted by Crippen LogP contribution is -2.58. The molecule has 5 rings (SSSR count). The highest BCUT2D eigenvalue weighted by atomic mass is 35.5. The number of aromatic amines is 1. The van der Waals surface area contributed by atoms with E-state index in [2.05, 4.69) is 21.1 Å². The fourth-order valence-corrected chi connectivity index (χ4v) is 6.90. The molecule has 2 aromatic carbocycles. The van der Waals surface area contributed by atoms with Gasteiger partial charge in [0.1, 0.15) is 6.04 Å². The molecule has 5 N–H and O–H groups in total. The smallest absolute Gasteiger partial charge is 0.245 e. The molecule has 1 unspecified atom stereocenters. The van der Waals surface area contributed by atoms with Crippen LogP contribution in [0.4, 0.5) is 0 Å². The molecule has 2 atom stereocenters. The summed E-state index contributed by atoms with van der Waals surface area (Å²) in [7, 11) is -3.37. The number of fused-ring (bicyclic) bond motifs is 3. The maximum atomic E-state index is 13.9. The molecule has 9 nitrogen and oxygen atoms in total. The van der Waals surface area contributed by atoms with Crippen molar-refractivity contribution in [3.8, 4) is 0 Å². The molecule has 0 bridgehead atoms. The first-order valence-electron chi connectivity index (χ1n) is 13.4. The number of piperidine rings is 1. The number of para-hydroxylation sites is 1. The van der Waals surface area contributed by atoms with Gasteiger partial charge in [-0.15, -0.1) is 12.4 Å². The lowest BCUT2D eigenvalue weighted by molar-refractivity contribution is -0.138. The zero-order valence-corrected chi connectivity index (χ0v) is 24.7. The zero-order valence-electron chi connectivity index (χ0n) is 23.1. The van der Waals surface area contributed by atoms with E-state index in [1.165, 1.54) is 6.26 Å². The van der Waals surface area contributed by atoms with Gasteiger partial charge >= 0.3 is 0 Å². The summed E-state index contributed by atoms with van der Waals surface area (Å²) in [5.41, 5.74) is 8.82. The van der Waals surface area contributed by atoms with Crippen LogP contribution in [0.25, 0.3) is 10.9 Å². The largest absolute Gasteiger partial charge is 0.361 e. The number of rotatable bonds is 7. The van der Waals surface area contributed by atoms with Gasteiger partial charge in [-0.1, -0.05) is 42.5 Å². The lowest BCUT2D eigenvalue weighted by atomic mass is 9.73. The van der Waals surface area contributed by atoms with Crippen molar-refractivity contribution in [1.29, 1.82) is 0 Å². The van der Waals surface area contributed by atoms with Gasteiger partial charge in [0.15, 0.2) is 0 Å². The van der Waals surface area contributed by atoms with Gasteiger partial charge in [0.2, 0.25) is 21.8 Å². The molecular weight excluding hydrogens is 550 g/mol. The molecule has 1 aromatic heterocycles. The van der Waals surface area contributed by atoms with Gasteiger partial charge in [0, 0.05) is 48.1 Å². The first-order valence-corrected chi connectivity index (χ1v) is 15.3. The molecule has 0 radical (unpaired) electrons. The van der Waals surface area contributed by atoms with Gasteiger partial charge < -0.3 is 20.9 Å².